The number of anilines is 1. The number of pyridine rings is 1. The number of ether oxygens (including phenoxy) is 2. The molecule has 174 valence electrons. The third-order valence-electron chi connectivity index (χ3n) is 4.54. The largest absolute Gasteiger partial charge is 0.439 e. The Labute approximate surface area is 191 Å². The van der Waals surface area contributed by atoms with Gasteiger partial charge in [-0.2, -0.15) is 13.2 Å². The first-order valence-corrected chi connectivity index (χ1v) is 9.98. The van der Waals surface area contributed by atoms with Crippen molar-refractivity contribution in [3.8, 4) is 17.4 Å². The molecule has 0 saturated heterocycles. The lowest BCUT2D eigenvalue weighted by atomic mass is 10.1. The van der Waals surface area contributed by atoms with Crippen LogP contribution >= 0.6 is 0 Å². The molecule has 34 heavy (non-hydrogen) atoms. The summed E-state index contributed by atoms with van der Waals surface area (Å²) in [6.07, 6.45) is 0.546. The van der Waals surface area contributed by atoms with Crippen LogP contribution in [-0.4, -0.2) is 37.4 Å². The molecular weight excluding hydrogens is 453 g/mol. The number of nitrogens with one attached hydrogen (secondary N) is 1. The second kappa shape index (κ2) is 9.65. The van der Waals surface area contributed by atoms with Crippen LogP contribution in [0.5, 0.6) is 17.4 Å². The molecule has 12 heteroatoms. The zero-order valence-electron chi connectivity index (χ0n) is 17.7. The Morgan fingerprint density at radius 3 is 2.59 bits per heavy atom. The van der Waals surface area contributed by atoms with Crippen molar-refractivity contribution in [2.75, 3.05) is 11.9 Å². The number of aromatic nitrogens is 5. The van der Waals surface area contributed by atoms with Gasteiger partial charge in [-0.05, 0) is 24.6 Å². The predicted molar refractivity (Wildman–Crippen MR) is 114 cm³/mol. The average molecular weight is 470 g/mol. The smallest absolute Gasteiger partial charge is 0.416 e. The van der Waals surface area contributed by atoms with Crippen molar-refractivity contribution in [3.63, 3.8) is 0 Å². The van der Waals surface area contributed by atoms with Gasteiger partial charge in [-0.3, -0.25) is 4.79 Å². The van der Waals surface area contributed by atoms with Crippen molar-refractivity contribution in [1.29, 1.82) is 0 Å². The van der Waals surface area contributed by atoms with Crippen LogP contribution in [0.2, 0.25) is 0 Å². The summed E-state index contributed by atoms with van der Waals surface area (Å²) in [6, 6.07) is 6.86. The minimum absolute atomic E-state index is 0.0707. The number of hydrogen-bond donors (Lipinski definition) is 1. The Balaban J connectivity index is 1.60. The topological polar surface area (TPSA) is 112 Å². The number of esters is 1. The monoisotopic (exact) mass is 470 g/mol. The van der Waals surface area contributed by atoms with E-state index < -0.39 is 17.7 Å². The summed E-state index contributed by atoms with van der Waals surface area (Å²) in [7, 11) is 0. The number of rotatable bonds is 7. The van der Waals surface area contributed by atoms with Gasteiger partial charge in [0.1, 0.15) is 23.3 Å². The van der Waals surface area contributed by atoms with Gasteiger partial charge in [0, 0.05) is 43.7 Å². The first kappa shape index (κ1) is 22.8. The van der Waals surface area contributed by atoms with Gasteiger partial charge in [-0.25, -0.2) is 24.9 Å². The van der Waals surface area contributed by atoms with Crippen molar-refractivity contribution in [1.82, 2.24) is 24.9 Å². The van der Waals surface area contributed by atoms with Gasteiger partial charge in [0.25, 0.3) is 0 Å². The molecule has 0 amide bonds. The number of halogens is 3. The molecule has 0 fully saturated rings. The van der Waals surface area contributed by atoms with Crippen LogP contribution in [0.25, 0.3) is 11.2 Å². The van der Waals surface area contributed by atoms with Crippen molar-refractivity contribution in [2.24, 2.45) is 0 Å². The van der Waals surface area contributed by atoms with Crippen molar-refractivity contribution < 1.29 is 27.4 Å². The van der Waals surface area contributed by atoms with Gasteiger partial charge in [-0.1, -0.05) is 6.07 Å². The summed E-state index contributed by atoms with van der Waals surface area (Å²) in [5.41, 5.74) is -0.271. The van der Waals surface area contributed by atoms with E-state index in [4.69, 9.17) is 9.47 Å². The van der Waals surface area contributed by atoms with Gasteiger partial charge in [0.2, 0.25) is 5.88 Å². The van der Waals surface area contributed by atoms with Gasteiger partial charge in [0.15, 0.2) is 11.5 Å². The van der Waals surface area contributed by atoms with E-state index in [9.17, 15) is 18.0 Å². The van der Waals surface area contributed by atoms with Crippen LogP contribution in [0.15, 0.2) is 55.2 Å². The highest BCUT2D eigenvalue weighted by molar-refractivity contribution is 5.81. The summed E-state index contributed by atoms with van der Waals surface area (Å²) in [6.45, 7) is 1.31. The van der Waals surface area contributed by atoms with E-state index in [1.165, 1.54) is 43.8 Å². The van der Waals surface area contributed by atoms with Crippen molar-refractivity contribution in [3.05, 3.63) is 66.4 Å². The molecule has 1 aromatic carbocycles. The molecule has 0 aliphatic carbocycles. The highest BCUT2D eigenvalue weighted by Gasteiger charge is 2.35. The second-order valence-corrected chi connectivity index (χ2v) is 6.94. The first-order valence-electron chi connectivity index (χ1n) is 9.98. The molecule has 0 bridgehead atoms. The molecule has 4 aromatic rings. The van der Waals surface area contributed by atoms with Gasteiger partial charge in [-0.15, -0.1) is 0 Å². The van der Waals surface area contributed by atoms with E-state index in [1.807, 2.05) is 0 Å². The van der Waals surface area contributed by atoms with E-state index in [0.717, 1.165) is 12.3 Å². The molecule has 0 atom stereocenters. The lowest BCUT2D eigenvalue weighted by molar-refractivity contribution is -0.138. The first-order chi connectivity index (χ1) is 16.3. The minimum Gasteiger partial charge on any atom is -0.439 e. The van der Waals surface area contributed by atoms with Crippen LogP contribution in [0, 0.1) is 0 Å². The fraction of sp³-hybridized carbons (Fsp3) is 0.182. The summed E-state index contributed by atoms with van der Waals surface area (Å²) < 4.78 is 51.9. The number of hydrogen-bond acceptors (Lipinski definition) is 9. The lowest BCUT2D eigenvalue weighted by Crippen LogP contribution is -2.15. The minimum atomic E-state index is -4.62. The van der Waals surface area contributed by atoms with Crippen molar-refractivity contribution in [2.45, 2.75) is 19.5 Å². The van der Waals surface area contributed by atoms with E-state index in [-0.39, 0.29) is 35.9 Å². The molecule has 0 aliphatic rings. The number of benzene rings is 1. The molecule has 0 unspecified atom stereocenters. The van der Waals surface area contributed by atoms with Crippen molar-refractivity contribution >= 4 is 23.0 Å². The average Bonchev–Trinajstić information content (AvgIpc) is 2.79. The second-order valence-electron chi connectivity index (χ2n) is 6.94. The Hall–Kier alpha value is -4.35. The summed E-state index contributed by atoms with van der Waals surface area (Å²) >= 11 is 0. The molecule has 0 spiro atoms. The molecular formula is C22H17F3N6O3. The molecule has 3 aromatic heterocycles. The third kappa shape index (κ3) is 5.34. The molecule has 0 aliphatic heterocycles. The van der Waals surface area contributed by atoms with Crippen LogP contribution in [-0.2, 0) is 17.4 Å². The number of nitrogens with zero attached hydrogens (tertiary/aromatic N) is 5. The SMILES string of the molecule is CC(=O)Oc1cccc(Oc2nccc(C(F)(F)F)c2CCNc2ncnc3nccnc23)c1. The Morgan fingerprint density at radius 2 is 1.79 bits per heavy atom. The van der Waals surface area contributed by atoms with Gasteiger partial charge in [0.05, 0.1) is 5.56 Å². The molecule has 3 heterocycles. The maximum Gasteiger partial charge on any atom is 0.416 e. The number of carbonyl (C=O) groups is 1. The quantitative estimate of drug-likeness (QED) is 0.314. The fourth-order valence-electron chi connectivity index (χ4n) is 3.18. The summed E-state index contributed by atoms with van der Waals surface area (Å²) in [5, 5.41) is 2.97. The van der Waals surface area contributed by atoms with Crippen LogP contribution in [0.4, 0.5) is 19.0 Å². The number of alkyl halides is 3. The summed E-state index contributed by atoms with van der Waals surface area (Å²) in [4.78, 5) is 31.5. The molecule has 1 N–H and O–H groups in total. The standard InChI is InChI=1S/C22H17F3N6O3/c1-13(32)33-14-3-2-4-15(11-14)34-21-16(17(6-8-29-21)22(23,24)25)5-7-27-19-18-20(31-12-30-19)28-10-9-26-18/h2-4,6,8-12H,5,7H2,1H3,(H,27,28,30,31). The Bertz CT molecular complexity index is 1330. The number of carbonyl (C=O) groups excluding carboxylic acids is 1. The third-order valence-corrected chi connectivity index (χ3v) is 4.54. The highest BCUT2D eigenvalue weighted by atomic mass is 19.4. The molecule has 0 saturated carbocycles. The molecule has 4 rings (SSSR count). The lowest BCUT2D eigenvalue weighted by Gasteiger charge is -2.17. The van der Waals surface area contributed by atoms with E-state index in [1.54, 1.807) is 6.07 Å². The highest BCUT2D eigenvalue weighted by Crippen LogP contribution is 2.37. The predicted octanol–water partition coefficient (Wildman–Crippen LogP) is 4.21. The summed E-state index contributed by atoms with van der Waals surface area (Å²) in [5.74, 6) is -0.0622. The van der Waals surface area contributed by atoms with Crippen LogP contribution in [0.1, 0.15) is 18.1 Å². The number of fused-ring (bicyclic) bond motifs is 1. The van der Waals surface area contributed by atoms with Crippen LogP contribution in [0.3, 0.4) is 0 Å². The normalized spacial score (nSPS) is 11.3. The maximum absolute atomic E-state index is 13.7. The Kier molecular flexibility index (Phi) is 6.48. The van der Waals surface area contributed by atoms with E-state index in [0.29, 0.717) is 17.0 Å². The fourth-order valence-corrected chi connectivity index (χ4v) is 3.18. The Morgan fingerprint density at radius 1 is 1.00 bits per heavy atom. The zero-order chi connectivity index (χ0) is 24.1. The zero-order valence-corrected chi connectivity index (χ0v) is 17.7. The van der Waals surface area contributed by atoms with Gasteiger partial charge < -0.3 is 14.8 Å². The van der Waals surface area contributed by atoms with E-state index in [2.05, 4.69) is 30.2 Å². The van der Waals surface area contributed by atoms with Gasteiger partial charge >= 0.3 is 12.1 Å². The van der Waals surface area contributed by atoms with E-state index >= 15 is 0 Å². The maximum atomic E-state index is 13.7. The van der Waals surface area contributed by atoms with Crippen LogP contribution < -0.4 is 14.8 Å². The molecule has 0 radical (unpaired) electrons. The molecule has 9 nitrogen and oxygen atoms in total.